The van der Waals surface area contributed by atoms with Crippen molar-refractivity contribution >= 4 is 5.78 Å². The van der Waals surface area contributed by atoms with Gasteiger partial charge >= 0.3 is 0 Å². The second-order valence-corrected chi connectivity index (χ2v) is 4.88. The van der Waals surface area contributed by atoms with E-state index in [1.54, 1.807) is 30.7 Å². The van der Waals surface area contributed by atoms with Crippen LogP contribution in [0.2, 0.25) is 0 Å². The minimum absolute atomic E-state index is 0.119. The van der Waals surface area contributed by atoms with Crippen LogP contribution in [-0.2, 0) is 6.54 Å². The van der Waals surface area contributed by atoms with Crippen LogP contribution < -0.4 is 0 Å². The van der Waals surface area contributed by atoms with Crippen LogP contribution in [0.3, 0.4) is 0 Å². The lowest BCUT2D eigenvalue weighted by Crippen LogP contribution is -2.02. The second kappa shape index (κ2) is 6.34. The molecule has 6 heteroatoms. The topological polar surface area (TPSA) is 60.9 Å². The van der Waals surface area contributed by atoms with Gasteiger partial charge in [0.1, 0.15) is 11.5 Å². The number of hydrogen-bond acceptors (Lipinski definition) is 4. The molecule has 0 unspecified atom stereocenters. The maximum atomic E-state index is 13.7. The first-order valence-electron chi connectivity index (χ1n) is 6.94. The van der Waals surface area contributed by atoms with E-state index < -0.39 is 5.82 Å². The molecule has 0 aliphatic rings. The molecule has 2 heterocycles. The van der Waals surface area contributed by atoms with E-state index in [9.17, 15) is 9.18 Å². The number of carbonyl (C=O) groups excluding carboxylic acids is 1. The molecule has 0 amide bonds. The Morgan fingerprint density at radius 2 is 2.18 bits per heavy atom. The van der Waals surface area contributed by atoms with E-state index in [2.05, 4.69) is 10.1 Å². The number of hydrogen-bond donors (Lipinski definition) is 0. The molecule has 0 aliphatic heterocycles. The van der Waals surface area contributed by atoms with E-state index in [1.165, 1.54) is 12.1 Å². The van der Waals surface area contributed by atoms with Crippen LogP contribution in [0.15, 0.2) is 53.6 Å². The molecular weight excluding hydrogens is 285 g/mol. The minimum atomic E-state index is -0.405. The highest BCUT2D eigenvalue weighted by Crippen LogP contribution is 2.23. The molecule has 0 saturated heterocycles. The summed E-state index contributed by atoms with van der Waals surface area (Å²) in [5.41, 5.74) is 0.524. The van der Waals surface area contributed by atoms with Crippen molar-refractivity contribution in [2.45, 2.75) is 19.4 Å². The van der Waals surface area contributed by atoms with E-state index in [4.69, 9.17) is 4.52 Å². The van der Waals surface area contributed by atoms with Gasteiger partial charge in [0.05, 0.1) is 11.9 Å². The summed E-state index contributed by atoms with van der Waals surface area (Å²) in [4.78, 5) is 16.0. The Kier molecular flexibility index (Phi) is 4.09. The largest absolute Gasteiger partial charge is 0.355 e. The highest BCUT2D eigenvalue weighted by Gasteiger charge is 2.15. The molecule has 0 fully saturated rings. The van der Waals surface area contributed by atoms with E-state index in [0.29, 0.717) is 24.9 Å². The van der Waals surface area contributed by atoms with E-state index in [0.717, 1.165) is 0 Å². The van der Waals surface area contributed by atoms with Crippen molar-refractivity contribution < 1.29 is 13.7 Å². The molecule has 3 rings (SSSR count). The van der Waals surface area contributed by atoms with E-state index in [1.807, 2.05) is 10.8 Å². The minimum Gasteiger partial charge on any atom is -0.355 e. The van der Waals surface area contributed by atoms with Crippen LogP contribution in [0.4, 0.5) is 4.39 Å². The Labute approximate surface area is 126 Å². The second-order valence-electron chi connectivity index (χ2n) is 4.88. The Hall–Kier alpha value is -2.76. The number of aryl methyl sites for hydroxylation is 1. The summed E-state index contributed by atoms with van der Waals surface area (Å²) in [6.45, 7) is 0.712. The molecule has 2 aromatic heterocycles. The smallest absolute Gasteiger partial charge is 0.184 e. The maximum Gasteiger partial charge on any atom is 0.184 e. The molecule has 0 radical (unpaired) electrons. The van der Waals surface area contributed by atoms with Crippen molar-refractivity contribution in [2.75, 3.05) is 0 Å². The van der Waals surface area contributed by atoms with Crippen LogP contribution in [0.5, 0.6) is 0 Å². The van der Waals surface area contributed by atoms with Crippen LogP contribution >= 0.6 is 0 Å². The predicted molar refractivity (Wildman–Crippen MR) is 77.7 cm³/mol. The Bertz CT molecular complexity index is 765. The molecule has 0 aliphatic carbocycles. The van der Waals surface area contributed by atoms with Gasteiger partial charge in [0.2, 0.25) is 0 Å². The number of benzene rings is 1. The number of carbonyl (C=O) groups is 1. The molecule has 0 spiro atoms. The average molecular weight is 299 g/mol. The van der Waals surface area contributed by atoms with Gasteiger partial charge in [-0.15, -0.1) is 0 Å². The lowest BCUT2D eigenvalue weighted by atomic mass is 10.1. The van der Waals surface area contributed by atoms with Gasteiger partial charge in [-0.1, -0.05) is 17.3 Å². The SMILES string of the molecule is O=C(CCCn1ccnc1)c1cc(-c2ccccc2F)on1. The normalized spacial score (nSPS) is 10.8. The number of nitrogens with zero attached hydrogens (tertiary/aromatic N) is 3. The summed E-state index contributed by atoms with van der Waals surface area (Å²) in [6, 6.07) is 7.70. The van der Waals surface area contributed by atoms with Gasteiger partial charge in [0, 0.05) is 31.4 Å². The van der Waals surface area contributed by atoms with Gasteiger partial charge in [-0.25, -0.2) is 9.37 Å². The number of halogens is 1. The highest BCUT2D eigenvalue weighted by molar-refractivity contribution is 5.94. The van der Waals surface area contributed by atoms with Crippen molar-refractivity contribution in [3.63, 3.8) is 0 Å². The van der Waals surface area contributed by atoms with Gasteiger partial charge in [0.25, 0.3) is 0 Å². The third-order valence-corrected chi connectivity index (χ3v) is 3.31. The van der Waals surface area contributed by atoms with Gasteiger partial charge in [-0.3, -0.25) is 4.79 Å². The maximum absolute atomic E-state index is 13.7. The Morgan fingerprint density at radius 3 is 2.95 bits per heavy atom. The third-order valence-electron chi connectivity index (χ3n) is 3.31. The van der Waals surface area contributed by atoms with Crippen LogP contribution in [0.1, 0.15) is 23.3 Å². The van der Waals surface area contributed by atoms with Crippen molar-refractivity contribution in [3.05, 3.63) is 60.6 Å². The van der Waals surface area contributed by atoms with Crippen molar-refractivity contribution in [3.8, 4) is 11.3 Å². The fraction of sp³-hybridized carbons (Fsp3) is 0.188. The Morgan fingerprint density at radius 1 is 1.32 bits per heavy atom. The zero-order valence-corrected chi connectivity index (χ0v) is 11.8. The molecule has 5 nitrogen and oxygen atoms in total. The average Bonchev–Trinajstić information content (AvgIpc) is 3.19. The van der Waals surface area contributed by atoms with Crippen molar-refractivity contribution in [1.82, 2.24) is 14.7 Å². The summed E-state index contributed by atoms with van der Waals surface area (Å²) >= 11 is 0. The first-order valence-corrected chi connectivity index (χ1v) is 6.94. The molecule has 0 saturated carbocycles. The fourth-order valence-corrected chi connectivity index (χ4v) is 2.16. The predicted octanol–water partition coefficient (Wildman–Crippen LogP) is 3.34. The molecule has 1 aromatic carbocycles. The van der Waals surface area contributed by atoms with E-state index >= 15 is 0 Å². The fourth-order valence-electron chi connectivity index (χ4n) is 2.16. The van der Waals surface area contributed by atoms with Crippen LogP contribution in [0, 0.1) is 5.82 Å². The molecular formula is C16H14FN3O2. The summed E-state index contributed by atoms with van der Waals surface area (Å²) in [7, 11) is 0. The molecule has 3 aromatic rings. The standard InChI is InChI=1S/C16H14FN3O2/c17-13-5-2-1-4-12(13)16-10-14(19-22-16)15(21)6-3-8-20-9-7-18-11-20/h1-2,4-5,7,9-11H,3,6,8H2. The monoisotopic (exact) mass is 299 g/mol. The molecule has 0 bridgehead atoms. The summed E-state index contributed by atoms with van der Waals surface area (Å²) in [5, 5.41) is 3.74. The lowest BCUT2D eigenvalue weighted by Gasteiger charge is -1.99. The first-order chi connectivity index (χ1) is 10.7. The molecule has 0 atom stereocenters. The van der Waals surface area contributed by atoms with Gasteiger partial charge < -0.3 is 9.09 Å². The van der Waals surface area contributed by atoms with Crippen LogP contribution in [-0.4, -0.2) is 20.5 Å². The summed E-state index contributed by atoms with van der Waals surface area (Å²) in [6.07, 6.45) is 6.27. The molecule has 22 heavy (non-hydrogen) atoms. The van der Waals surface area contributed by atoms with Gasteiger partial charge in [-0.05, 0) is 18.6 Å². The van der Waals surface area contributed by atoms with Gasteiger partial charge in [0.15, 0.2) is 11.5 Å². The molecule has 112 valence electrons. The number of imidazole rings is 1. The highest BCUT2D eigenvalue weighted by atomic mass is 19.1. The summed E-state index contributed by atoms with van der Waals surface area (Å²) in [5.74, 6) is -0.264. The number of rotatable bonds is 6. The first kappa shape index (κ1) is 14.2. The number of Topliss-reactive ketones (excluding diaryl/α,β-unsaturated/α-hetero) is 1. The lowest BCUT2D eigenvalue weighted by molar-refractivity contribution is 0.0970. The van der Waals surface area contributed by atoms with Crippen molar-refractivity contribution in [1.29, 1.82) is 0 Å². The van der Waals surface area contributed by atoms with Crippen molar-refractivity contribution in [2.24, 2.45) is 0 Å². The Balaban J connectivity index is 1.63. The third kappa shape index (κ3) is 3.11. The summed E-state index contributed by atoms with van der Waals surface area (Å²) < 4.78 is 20.6. The quantitative estimate of drug-likeness (QED) is 0.655. The number of aromatic nitrogens is 3. The zero-order chi connectivity index (χ0) is 15.4. The van der Waals surface area contributed by atoms with Gasteiger partial charge in [-0.2, -0.15) is 0 Å². The molecule has 0 N–H and O–H groups in total. The van der Waals surface area contributed by atoms with Crippen LogP contribution in [0.25, 0.3) is 11.3 Å². The zero-order valence-electron chi connectivity index (χ0n) is 11.8. The number of ketones is 1. The van der Waals surface area contributed by atoms with E-state index in [-0.39, 0.29) is 17.2 Å².